The maximum atomic E-state index is 11.6. The van der Waals surface area contributed by atoms with Gasteiger partial charge in [0.25, 0.3) is 0 Å². The molecule has 0 bridgehead atoms. The summed E-state index contributed by atoms with van der Waals surface area (Å²) in [7, 11) is 0. The van der Waals surface area contributed by atoms with Crippen LogP contribution in [0.15, 0.2) is 12.1 Å². The summed E-state index contributed by atoms with van der Waals surface area (Å²) < 4.78 is 0. The number of aryl methyl sites for hydroxylation is 2. The number of carbonyl (C=O) groups is 1. The Morgan fingerprint density at radius 2 is 1.74 bits per heavy atom. The Bertz CT molecular complexity index is 672. The first-order chi connectivity index (χ1) is 8.84. The Hall–Kier alpha value is -1.90. The second-order valence-corrected chi connectivity index (χ2v) is 5.38. The van der Waals surface area contributed by atoms with Gasteiger partial charge in [0.2, 0.25) is 0 Å². The van der Waals surface area contributed by atoms with E-state index in [-0.39, 0.29) is 5.92 Å². The van der Waals surface area contributed by atoms with Gasteiger partial charge >= 0.3 is 5.97 Å². The van der Waals surface area contributed by atoms with Crippen molar-refractivity contribution in [1.82, 2.24) is 4.98 Å². The average Bonchev–Trinajstić information content (AvgIpc) is 2.32. The largest absolute Gasteiger partial charge is 0.478 e. The number of benzene rings is 1. The number of fused-ring (bicyclic) bond motifs is 1. The Morgan fingerprint density at radius 1 is 1.16 bits per heavy atom. The van der Waals surface area contributed by atoms with Crippen LogP contribution in [0.1, 0.15) is 52.5 Å². The van der Waals surface area contributed by atoms with Crippen molar-refractivity contribution in [2.45, 2.75) is 40.5 Å². The summed E-state index contributed by atoms with van der Waals surface area (Å²) in [6, 6.07) is 3.95. The van der Waals surface area contributed by atoms with Gasteiger partial charge < -0.3 is 5.11 Å². The molecule has 3 nitrogen and oxygen atoms in total. The smallest absolute Gasteiger partial charge is 0.336 e. The molecule has 2 rings (SSSR count). The van der Waals surface area contributed by atoms with Crippen LogP contribution in [-0.2, 0) is 0 Å². The number of carboxylic acid groups (broad SMARTS) is 1. The summed E-state index contributed by atoms with van der Waals surface area (Å²) in [5.41, 5.74) is 4.85. The highest BCUT2D eigenvalue weighted by molar-refractivity contribution is 6.06. The molecule has 19 heavy (non-hydrogen) atoms. The van der Waals surface area contributed by atoms with Crippen LogP contribution >= 0.6 is 0 Å². The summed E-state index contributed by atoms with van der Waals surface area (Å²) in [6.07, 6.45) is 0. The monoisotopic (exact) mass is 257 g/mol. The molecule has 0 aliphatic heterocycles. The lowest BCUT2D eigenvalue weighted by molar-refractivity contribution is 0.0698. The van der Waals surface area contributed by atoms with Crippen LogP contribution in [0.5, 0.6) is 0 Å². The fraction of sp³-hybridized carbons (Fsp3) is 0.375. The van der Waals surface area contributed by atoms with Gasteiger partial charge in [0.15, 0.2) is 0 Å². The second kappa shape index (κ2) is 4.65. The molecule has 1 heterocycles. The van der Waals surface area contributed by atoms with Crippen molar-refractivity contribution in [2.24, 2.45) is 0 Å². The first-order valence-corrected chi connectivity index (χ1v) is 6.48. The second-order valence-electron chi connectivity index (χ2n) is 5.38. The van der Waals surface area contributed by atoms with E-state index in [0.29, 0.717) is 5.56 Å². The lowest BCUT2D eigenvalue weighted by Crippen LogP contribution is -2.09. The van der Waals surface area contributed by atoms with Crippen LogP contribution in [0.25, 0.3) is 10.9 Å². The zero-order valence-corrected chi connectivity index (χ0v) is 12.0. The number of aromatic carboxylic acids is 1. The van der Waals surface area contributed by atoms with Crippen molar-refractivity contribution in [3.63, 3.8) is 0 Å². The van der Waals surface area contributed by atoms with Crippen LogP contribution < -0.4 is 0 Å². The van der Waals surface area contributed by atoms with Gasteiger partial charge in [-0.15, -0.1) is 0 Å². The van der Waals surface area contributed by atoms with Crippen molar-refractivity contribution in [3.8, 4) is 0 Å². The van der Waals surface area contributed by atoms with Crippen LogP contribution in [0.2, 0.25) is 0 Å². The highest BCUT2D eigenvalue weighted by Gasteiger charge is 2.20. The van der Waals surface area contributed by atoms with Crippen molar-refractivity contribution in [3.05, 3.63) is 40.1 Å². The first kappa shape index (κ1) is 13.5. The summed E-state index contributed by atoms with van der Waals surface area (Å²) in [5.74, 6) is -0.664. The van der Waals surface area contributed by atoms with Crippen LogP contribution in [0, 0.1) is 20.8 Å². The van der Waals surface area contributed by atoms with E-state index < -0.39 is 5.97 Å². The fourth-order valence-electron chi connectivity index (χ4n) is 2.61. The molecule has 1 aromatic carbocycles. The topological polar surface area (TPSA) is 50.2 Å². The predicted octanol–water partition coefficient (Wildman–Crippen LogP) is 3.98. The normalized spacial score (nSPS) is 11.3. The lowest BCUT2D eigenvalue weighted by Gasteiger charge is -2.16. The van der Waals surface area contributed by atoms with Gasteiger partial charge in [0.1, 0.15) is 0 Å². The number of aromatic nitrogens is 1. The molecule has 0 saturated heterocycles. The van der Waals surface area contributed by atoms with Gasteiger partial charge in [-0.25, -0.2) is 4.79 Å². The van der Waals surface area contributed by atoms with Gasteiger partial charge in [-0.3, -0.25) is 4.98 Å². The third-order valence-electron chi connectivity index (χ3n) is 3.59. The van der Waals surface area contributed by atoms with E-state index >= 15 is 0 Å². The Balaban J connectivity index is 3.05. The summed E-state index contributed by atoms with van der Waals surface area (Å²) in [5, 5.41) is 10.3. The van der Waals surface area contributed by atoms with Crippen molar-refractivity contribution in [2.75, 3.05) is 0 Å². The molecule has 0 aliphatic rings. The maximum Gasteiger partial charge on any atom is 0.336 e. The minimum Gasteiger partial charge on any atom is -0.478 e. The lowest BCUT2D eigenvalue weighted by atomic mass is 9.93. The zero-order valence-electron chi connectivity index (χ0n) is 12.0. The van der Waals surface area contributed by atoms with E-state index in [4.69, 9.17) is 4.98 Å². The Kier molecular flexibility index (Phi) is 3.31. The Labute approximate surface area is 113 Å². The maximum absolute atomic E-state index is 11.6. The van der Waals surface area contributed by atoms with Gasteiger partial charge in [0, 0.05) is 11.1 Å². The number of hydrogen-bond donors (Lipinski definition) is 1. The van der Waals surface area contributed by atoms with Crippen LogP contribution in [-0.4, -0.2) is 16.1 Å². The first-order valence-electron chi connectivity index (χ1n) is 6.48. The minimum absolute atomic E-state index is 0.211. The highest BCUT2D eigenvalue weighted by atomic mass is 16.4. The van der Waals surface area contributed by atoms with E-state index in [1.165, 1.54) is 0 Å². The van der Waals surface area contributed by atoms with Crippen molar-refractivity contribution in [1.29, 1.82) is 0 Å². The fourth-order valence-corrected chi connectivity index (χ4v) is 2.61. The number of carboxylic acids is 1. The molecular formula is C16H19NO2. The predicted molar refractivity (Wildman–Crippen MR) is 77.0 cm³/mol. The zero-order chi connectivity index (χ0) is 14.3. The average molecular weight is 257 g/mol. The van der Waals surface area contributed by atoms with Crippen molar-refractivity contribution >= 4 is 16.9 Å². The van der Waals surface area contributed by atoms with Gasteiger partial charge in [-0.05, 0) is 43.4 Å². The Morgan fingerprint density at radius 3 is 2.26 bits per heavy atom. The molecule has 0 saturated carbocycles. The number of nitrogens with zero attached hydrogens (tertiary/aromatic N) is 1. The molecule has 3 heteroatoms. The molecule has 0 atom stereocenters. The number of rotatable bonds is 2. The van der Waals surface area contributed by atoms with E-state index in [0.717, 1.165) is 33.3 Å². The van der Waals surface area contributed by atoms with E-state index in [1.54, 1.807) is 0 Å². The molecule has 0 fully saturated rings. The number of pyridine rings is 1. The van der Waals surface area contributed by atoms with E-state index in [2.05, 4.69) is 0 Å². The molecule has 0 spiro atoms. The molecule has 1 aromatic heterocycles. The number of hydrogen-bond acceptors (Lipinski definition) is 2. The third kappa shape index (κ3) is 2.09. The van der Waals surface area contributed by atoms with Gasteiger partial charge in [-0.1, -0.05) is 26.0 Å². The third-order valence-corrected chi connectivity index (χ3v) is 3.59. The molecule has 0 aliphatic carbocycles. The van der Waals surface area contributed by atoms with Gasteiger partial charge in [0.05, 0.1) is 11.1 Å². The van der Waals surface area contributed by atoms with Gasteiger partial charge in [-0.2, -0.15) is 0 Å². The standard InChI is InChI=1S/C16H19NO2/c1-8(2)14-11(5)13(16(18)19)12-9(3)6-7-10(4)15(12)17-14/h6-8H,1-5H3,(H,18,19). The minimum atomic E-state index is -0.875. The SMILES string of the molecule is Cc1c(C(C)C)nc2c(C)ccc(C)c2c1C(=O)O. The van der Waals surface area contributed by atoms with Crippen LogP contribution in [0.4, 0.5) is 0 Å². The summed E-state index contributed by atoms with van der Waals surface area (Å²) in [6.45, 7) is 9.84. The summed E-state index contributed by atoms with van der Waals surface area (Å²) >= 11 is 0. The molecule has 0 unspecified atom stereocenters. The molecular weight excluding hydrogens is 238 g/mol. The molecule has 0 radical (unpaired) electrons. The van der Waals surface area contributed by atoms with Crippen molar-refractivity contribution < 1.29 is 9.90 Å². The van der Waals surface area contributed by atoms with Crippen LogP contribution in [0.3, 0.4) is 0 Å². The quantitative estimate of drug-likeness (QED) is 0.885. The van der Waals surface area contributed by atoms with E-state index in [9.17, 15) is 9.90 Å². The van der Waals surface area contributed by atoms with E-state index in [1.807, 2.05) is 46.8 Å². The highest BCUT2D eigenvalue weighted by Crippen LogP contribution is 2.30. The molecule has 100 valence electrons. The molecule has 0 amide bonds. The summed E-state index contributed by atoms with van der Waals surface area (Å²) in [4.78, 5) is 16.4. The molecule has 1 N–H and O–H groups in total. The molecule has 2 aromatic rings.